The minimum absolute atomic E-state index is 0.0679. The van der Waals surface area contributed by atoms with E-state index in [1.54, 1.807) is 24.3 Å². The summed E-state index contributed by atoms with van der Waals surface area (Å²) in [4.78, 5) is 14.9. The van der Waals surface area contributed by atoms with Crippen LogP contribution in [0.5, 0.6) is 0 Å². The number of alkyl halides is 6. The molecule has 1 aliphatic rings. The average molecular weight is 510 g/mol. The quantitative estimate of drug-likeness (QED) is 0.340. The van der Waals surface area contributed by atoms with Crippen LogP contribution in [0, 0.1) is 0 Å². The number of benzene rings is 3. The number of fused-ring (bicyclic) bond motifs is 1. The number of thioether (sulfide) groups is 1. The third-order valence-electron chi connectivity index (χ3n) is 5.75. The number of carbonyl (C=O) groups excluding carboxylic acids is 1. The number of amides is 1. The number of halogens is 6. The van der Waals surface area contributed by atoms with Gasteiger partial charge in [0.2, 0.25) is 5.91 Å². The SMILES string of the molecule is O=C(Cc1ccccc1)N1CC(Cc2ccccc2)Sc2cc(C(C(F)(F)F)C(F)(F)F)ccc21. The summed E-state index contributed by atoms with van der Waals surface area (Å²) >= 11 is 1.20. The molecule has 0 saturated heterocycles. The number of anilines is 1. The van der Waals surface area contributed by atoms with Crippen molar-refractivity contribution in [1.82, 2.24) is 0 Å². The predicted molar refractivity (Wildman–Crippen MR) is 124 cm³/mol. The molecule has 1 amide bonds. The van der Waals surface area contributed by atoms with Crippen molar-refractivity contribution in [2.45, 2.75) is 41.3 Å². The standard InChI is InChI=1S/C26H21F6NOS/c27-25(28,29)24(26(30,31)32)19-11-12-21-22(15-19)35-20(13-17-7-3-1-4-8-17)16-33(21)23(34)14-18-9-5-2-6-10-18/h1-12,15,20,24H,13-14,16H2. The fourth-order valence-electron chi connectivity index (χ4n) is 4.20. The third-order valence-corrected chi connectivity index (χ3v) is 6.98. The highest BCUT2D eigenvalue weighted by Crippen LogP contribution is 2.49. The topological polar surface area (TPSA) is 20.3 Å². The summed E-state index contributed by atoms with van der Waals surface area (Å²) in [6.07, 6.45) is -10.4. The average Bonchev–Trinajstić information content (AvgIpc) is 2.78. The second-order valence-electron chi connectivity index (χ2n) is 8.34. The first-order valence-corrected chi connectivity index (χ1v) is 11.7. The van der Waals surface area contributed by atoms with Gasteiger partial charge < -0.3 is 4.90 Å². The lowest BCUT2D eigenvalue weighted by molar-refractivity contribution is -0.253. The number of carbonyl (C=O) groups is 1. The molecule has 2 nitrogen and oxygen atoms in total. The largest absolute Gasteiger partial charge is 0.404 e. The van der Waals surface area contributed by atoms with Gasteiger partial charge in [-0.05, 0) is 35.2 Å². The highest BCUT2D eigenvalue weighted by atomic mass is 32.2. The van der Waals surface area contributed by atoms with Crippen LogP contribution in [-0.2, 0) is 17.6 Å². The number of hydrogen-bond donors (Lipinski definition) is 0. The predicted octanol–water partition coefficient (Wildman–Crippen LogP) is 7.19. The molecule has 0 N–H and O–H groups in total. The molecule has 0 aliphatic carbocycles. The third kappa shape index (κ3) is 6.01. The van der Waals surface area contributed by atoms with Crippen molar-refractivity contribution < 1.29 is 31.1 Å². The van der Waals surface area contributed by atoms with E-state index in [4.69, 9.17) is 0 Å². The van der Waals surface area contributed by atoms with Crippen molar-refractivity contribution in [3.63, 3.8) is 0 Å². The molecule has 1 aliphatic heterocycles. The molecule has 35 heavy (non-hydrogen) atoms. The van der Waals surface area contributed by atoms with Gasteiger partial charge in [0.05, 0.1) is 12.1 Å². The molecular weight excluding hydrogens is 488 g/mol. The second-order valence-corrected chi connectivity index (χ2v) is 9.68. The van der Waals surface area contributed by atoms with Gasteiger partial charge in [-0.25, -0.2) is 0 Å². The van der Waals surface area contributed by atoms with Crippen molar-refractivity contribution in [2.75, 3.05) is 11.4 Å². The summed E-state index contributed by atoms with van der Waals surface area (Å²) in [5.74, 6) is -3.87. The first-order valence-electron chi connectivity index (χ1n) is 10.8. The first-order chi connectivity index (χ1) is 16.5. The molecule has 0 bridgehead atoms. The fraction of sp³-hybridized carbons (Fsp3) is 0.269. The minimum Gasteiger partial charge on any atom is -0.310 e. The molecule has 1 unspecified atom stereocenters. The Kier molecular flexibility index (Phi) is 7.17. The minimum atomic E-state index is -5.49. The lowest BCUT2D eigenvalue weighted by Crippen LogP contribution is -2.41. The first kappa shape index (κ1) is 25.2. The van der Waals surface area contributed by atoms with Gasteiger partial charge in [-0.2, -0.15) is 26.3 Å². The molecule has 1 atom stereocenters. The van der Waals surface area contributed by atoms with E-state index in [1.807, 2.05) is 36.4 Å². The van der Waals surface area contributed by atoms with Crippen molar-refractivity contribution in [3.05, 3.63) is 95.6 Å². The monoisotopic (exact) mass is 509 g/mol. The Bertz CT molecular complexity index is 1150. The molecule has 1 heterocycles. The van der Waals surface area contributed by atoms with Gasteiger partial charge in [-0.15, -0.1) is 11.8 Å². The lowest BCUT2D eigenvalue weighted by Gasteiger charge is -2.35. The van der Waals surface area contributed by atoms with Crippen molar-refractivity contribution in [2.24, 2.45) is 0 Å². The highest BCUT2D eigenvalue weighted by molar-refractivity contribution is 8.00. The van der Waals surface area contributed by atoms with Gasteiger partial charge in [0, 0.05) is 16.7 Å². The zero-order valence-electron chi connectivity index (χ0n) is 18.3. The van der Waals surface area contributed by atoms with E-state index in [1.165, 1.54) is 22.7 Å². The van der Waals surface area contributed by atoms with Gasteiger partial charge in [0.15, 0.2) is 5.92 Å². The number of hydrogen-bond acceptors (Lipinski definition) is 2. The molecule has 4 rings (SSSR count). The van der Waals surface area contributed by atoms with Crippen LogP contribution in [0.15, 0.2) is 83.8 Å². The second kappa shape index (κ2) is 9.97. The van der Waals surface area contributed by atoms with Gasteiger partial charge in [-0.1, -0.05) is 66.7 Å². The van der Waals surface area contributed by atoms with E-state index in [-0.39, 0.29) is 22.5 Å². The van der Waals surface area contributed by atoms with Gasteiger partial charge in [-0.3, -0.25) is 4.79 Å². The molecule has 0 fully saturated rings. The van der Waals surface area contributed by atoms with Crippen LogP contribution in [0.2, 0.25) is 0 Å². The summed E-state index contributed by atoms with van der Waals surface area (Å²) in [5, 5.41) is -0.241. The summed E-state index contributed by atoms with van der Waals surface area (Å²) in [7, 11) is 0. The Hall–Kier alpha value is -2.94. The van der Waals surface area contributed by atoms with Crippen LogP contribution >= 0.6 is 11.8 Å². The van der Waals surface area contributed by atoms with Crippen LogP contribution in [0.25, 0.3) is 0 Å². The van der Waals surface area contributed by atoms with E-state index in [0.717, 1.165) is 23.3 Å². The van der Waals surface area contributed by atoms with Crippen LogP contribution in [0.1, 0.15) is 22.6 Å². The summed E-state index contributed by atoms with van der Waals surface area (Å²) in [5.41, 5.74) is 1.17. The number of nitrogens with zero attached hydrogens (tertiary/aromatic N) is 1. The van der Waals surface area contributed by atoms with Crippen molar-refractivity contribution in [1.29, 1.82) is 0 Å². The van der Waals surface area contributed by atoms with Gasteiger partial charge in [0.1, 0.15) is 0 Å². The van der Waals surface area contributed by atoms with Crippen molar-refractivity contribution >= 4 is 23.4 Å². The Morgan fingerprint density at radius 1 is 0.857 bits per heavy atom. The molecule has 0 aromatic heterocycles. The van der Waals surface area contributed by atoms with Gasteiger partial charge >= 0.3 is 12.4 Å². The maximum absolute atomic E-state index is 13.4. The molecule has 0 radical (unpaired) electrons. The normalized spacial score (nSPS) is 16.3. The molecule has 9 heteroatoms. The number of rotatable bonds is 5. The van der Waals surface area contributed by atoms with E-state index in [2.05, 4.69) is 0 Å². The lowest BCUT2D eigenvalue weighted by atomic mass is 9.97. The molecule has 3 aromatic rings. The van der Waals surface area contributed by atoms with E-state index in [9.17, 15) is 31.1 Å². The Morgan fingerprint density at radius 3 is 2.00 bits per heavy atom. The van der Waals surface area contributed by atoms with E-state index in [0.29, 0.717) is 18.7 Å². The maximum Gasteiger partial charge on any atom is 0.404 e. The Morgan fingerprint density at radius 2 is 1.43 bits per heavy atom. The van der Waals surface area contributed by atoms with Gasteiger partial charge in [0.25, 0.3) is 0 Å². The molecule has 184 valence electrons. The molecule has 0 spiro atoms. The van der Waals surface area contributed by atoms with Crippen molar-refractivity contribution in [3.8, 4) is 0 Å². The highest BCUT2D eigenvalue weighted by Gasteiger charge is 2.57. The molecule has 0 saturated carbocycles. The van der Waals surface area contributed by atoms with Crippen LogP contribution in [-0.4, -0.2) is 30.1 Å². The van der Waals surface area contributed by atoms with E-state index >= 15 is 0 Å². The Labute approximate surface area is 202 Å². The maximum atomic E-state index is 13.4. The zero-order chi connectivity index (χ0) is 25.2. The molecular formula is C26H21F6NOS. The summed E-state index contributed by atoms with van der Waals surface area (Å²) in [6, 6.07) is 21.3. The summed E-state index contributed by atoms with van der Waals surface area (Å²) < 4.78 is 80.1. The smallest absolute Gasteiger partial charge is 0.310 e. The molecule has 3 aromatic carbocycles. The zero-order valence-corrected chi connectivity index (χ0v) is 19.1. The fourth-order valence-corrected chi connectivity index (χ4v) is 5.56. The Balaban J connectivity index is 1.70. The summed E-state index contributed by atoms with van der Waals surface area (Å²) in [6.45, 7) is 0.291. The van der Waals surface area contributed by atoms with Crippen LogP contribution in [0.3, 0.4) is 0 Å². The van der Waals surface area contributed by atoms with Crippen LogP contribution < -0.4 is 4.90 Å². The van der Waals surface area contributed by atoms with Crippen LogP contribution in [0.4, 0.5) is 32.0 Å². The van der Waals surface area contributed by atoms with E-state index < -0.39 is 23.8 Å².